The summed E-state index contributed by atoms with van der Waals surface area (Å²) in [5.74, 6) is -0.735. The highest BCUT2D eigenvalue weighted by atomic mass is 16.6. The number of oxazole rings is 1. The molecule has 0 unspecified atom stereocenters. The van der Waals surface area contributed by atoms with Crippen molar-refractivity contribution in [1.29, 1.82) is 0 Å². The molecule has 4 rings (SSSR count). The van der Waals surface area contributed by atoms with Crippen LogP contribution in [0.5, 0.6) is 0 Å². The molecule has 1 heterocycles. The lowest BCUT2D eigenvalue weighted by Crippen LogP contribution is -2.33. The van der Waals surface area contributed by atoms with Crippen molar-refractivity contribution in [3.8, 4) is 11.1 Å². The number of anilines is 1. The zero-order valence-corrected chi connectivity index (χ0v) is 16.6. The Morgan fingerprint density at radius 3 is 2.35 bits per heavy atom. The van der Waals surface area contributed by atoms with E-state index in [9.17, 15) is 9.59 Å². The van der Waals surface area contributed by atoms with Crippen LogP contribution in [-0.4, -0.2) is 28.7 Å². The number of aromatic nitrogens is 1. The molecule has 3 aromatic carbocycles. The molecule has 7 nitrogen and oxygen atoms in total. The number of hydrogen-bond acceptors (Lipinski definition) is 5. The minimum atomic E-state index is -0.998. The Kier molecular flexibility index (Phi) is 5.93. The number of fused-ring (bicyclic) bond motifs is 1. The van der Waals surface area contributed by atoms with Crippen LogP contribution in [0.25, 0.3) is 22.2 Å². The summed E-state index contributed by atoms with van der Waals surface area (Å²) in [6, 6.07) is 24.4. The van der Waals surface area contributed by atoms with E-state index in [1.807, 2.05) is 54.6 Å². The average Bonchev–Trinajstić information content (AvgIpc) is 3.21. The lowest BCUT2D eigenvalue weighted by atomic mass is 10.1. The van der Waals surface area contributed by atoms with Crippen LogP contribution in [0.1, 0.15) is 12.3 Å². The molecule has 1 amide bonds. The molecular weight excluding hydrogens is 396 g/mol. The van der Waals surface area contributed by atoms with Gasteiger partial charge in [-0.3, -0.25) is 9.69 Å². The van der Waals surface area contributed by atoms with E-state index in [0.29, 0.717) is 16.8 Å². The van der Waals surface area contributed by atoms with Crippen LogP contribution in [-0.2, 0) is 16.1 Å². The molecule has 4 aromatic rings. The number of carboxylic acids is 1. The fourth-order valence-corrected chi connectivity index (χ4v) is 3.19. The van der Waals surface area contributed by atoms with Gasteiger partial charge in [-0.25, -0.2) is 9.78 Å². The van der Waals surface area contributed by atoms with Crippen molar-refractivity contribution in [3.63, 3.8) is 0 Å². The number of hydrogen-bond donors (Lipinski definition) is 1. The smallest absolute Gasteiger partial charge is 0.414 e. The molecule has 0 aliphatic rings. The first-order chi connectivity index (χ1) is 15.1. The normalized spacial score (nSPS) is 10.7. The predicted octanol–water partition coefficient (Wildman–Crippen LogP) is 5.11. The highest BCUT2D eigenvalue weighted by Crippen LogP contribution is 2.25. The molecule has 1 N–H and O–H groups in total. The van der Waals surface area contributed by atoms with Gasteiger partial charge >= 0.3 is 12.1 Å². The largest absolute Gasteiger partial charge is 0.481 e. The fourth-order valence-electron chi connectivity index (χ4n) is 3.19. The van der Waals surface area contributed by atoms with Gasteiger partial charge in [0.15, 0.2) is 12.2 Å². The first-order valence-corrected chi connectivity index (χ1v) is 9.76. The van der Waals surface area contributed by atoms with Crippen LogP contribution in [0.3, 0.4) is 0 Å². The summed E-state index contributed by atoms with van der Waals surface area (Å²) < 4.78 is 11.1. The zero-order chi connectivity index (χ0) is 21.6. The number of ether oxygens (including phenoxy) is 1. The minimum absolute atomic E-state index is 0.00776. The Labute approximate surface area is 178 Å². The van der Waals surface area contributed by atoms with Crippen LogP contribution in [0, 0.1) is 0 Å². The number of amides is 1. The van der Waals surface area contributed by atoms with Gasteiger partial charge in [-0.15, -0.1) is 0 Å². The molecule has 0 fully saturated rings. The molecule has 0 aliphatic carbocycles. The van der Waals surface area contributed by atoms with Crippen molar-refractivity contribution in [2.45, 2.75) is 13.0 Å². The summed E-state index contributed by atoms with van der Waals surface area (Å²) >= 11 is 0. The average molecular weight is 416 g/mol. The molecule has 1 aromatic heterocycles. The molecule has 0 radical (unpaired) electrons. The van der Waals surface area contributed by atoms with E-state index in [0.717, 1.165) is 11.1 Å². The molecule has 0 saturated carbocycles. The van der Waals surface area contributed by atoms with E-state index >= 15 is 0 Å². The van der Waals surface area contributed by atoms with Crippen LogP contribution in [0.15, 0.2) is 83.3 Å². The van der Waals surface area contributed by atoms with E-state index in [-0.39, 0.29) is 25.5 Å². The first kappa shape index (κ1) is 20.2. The van der Waals surface area contributed by atoms with E-state index in [4.69, 9.17) is 14.3 Å². The van der Waals surface area contributed by atoms with Crippen molar-refractivity contribution >= 4 is 28.8 Å². The van der Waals surface area contributed by atoms with Gasteiger partial charge < -0.3 is 14.3 Å². The van der Waals surface area contributed by atoms with Gasteiger partial charge in [0.2, 0.25) is 5.89 Å². The molecule has 0 saturated heterocycles. The molecule has 156 valence electrons. The highest BCUT2D eigenvalue weighted by Gasteiger charge is 2.19. The number of para-hydroxylation sites is 1. The molecule has 0 spiro atoms. The van der Waals surface area contributed by atoms with Gasteiger partial charge in [-0.2, -0.15) is 0 Å². The summed E-state index contributed by atoms with van der Waals surface area (Å²) in [5.41, 5.74) is 3.89. The SMILES string of the molecule is O=C(O)CCN(C(=O)OCc1nc2cc(-c3ccccc3)ccc2o1)c1ccccc1. The molecule has 0 atom stereocenters. The van der Waals surface area contributed by atoms with Crippen LogP contribution in [0.2, 0.25) is 0 Å². The number of nitrogens with zero attached hydrogens (tertiary/aromatic N) is 2. The summed E-state index contributed by atoms with van der Waals surface area (Å²) in [4.78, 5) is 29.3. The topological polar surface area (TPSA) is 92.9 Å². The third-order valence-corrected chi connectivity index (χ3v) is 4.70. The van der Waals surface area contributed by atoms with E-state index in [1.165, 1.54) is 4.90 Å². The zero-order valence-electron chi connectivity index (χ0n) is 16.6. The maximum atomic E-state index is 12.6. The van der Waals surface area contributed by atoms with Crippen molar-refractivity contribution in [1.82, 2.24) is 4.98 Å². The summed E-state index contributed by atoms with van der Waals surface area (Å²) in [6.07, 6.45) is -0.866. The van der Waals surface area contributed by atoms with Crippen LogP contribution >= 0.6 is 0 Å². The van der Waals surface area contributed by atoms with E-state index in [2.05, 4.69) is 4.98 Å². The van der Waals surface area contributed by atoms with Crippen LogP contribution < -0.4 is 4.90 Å². The Hall–Kier alpha value is -4.13. The highest BCUT2D eigenvalue weighted by molar-refractivity contribution is 5.88. The van der Waals surface area contributed by atoms with Crippen molar-refractivity contribution in [3.05, 3.63) is 84.8 Å². The molecule has 7 heteroatoms. The lowest BCUT2D eigenvalue weighted by Gasteiger charge is -2.21. The van der Waals surface area contributed by atoms with Crippen molar-refractivity contribution in [2.75, 3.05) is 11.4 Å². The van der Waals surface area contributed by atoms with E-state index < -0.39 is 12.1 Å². The monoisotopic (exact) mass is 416 g/mol. The number of carbonyl (C=O) groups excluding carboxylic acids is 1. The van der Waals surface area contributed by atoms with E-state index in [1.54, 1.807) is 24.3 Å². The Bertz CT molecular complexity index is 1190. The number of rotatable bonds is 7. The molecular formula is C24H20N2O5. The van der Waals surface area contributed by atoms with Gasteiger partial charge in [-0.05, 0) is 35.4 Å². The Morgan fingerprint density at radius 1 is 0.935 bits per heavy atom. The van der Waals surface area contributed by atoms with Gasteiger partial charge in [0.1, 0.15) is 5.52 Å². The van der Waals surface area contributed by atoms with Gasteiger partial charge in [-0.1, -0.05) is 54.6 Å². The van der Waals surface area contributed by atoms with Crippen molar-refractivity contribution < 1.29 is 23.8 Å². The summed E-state index contributed by atoms with van der Waals surface area (Å²) in [7, 11) is 0. The second kappa shape index (κ2) is 9.13. The number of carboxylic acid groups (broad SMARTS) is 1. The quantitative estimate of drug-likeness (QED) is 0.450. The molecule has 31 heavy (non-hydrogen) atoms. The second-order valence-corrected chi connectivity index (χ2v) is 6.84. The standard InChI is InChI=1S/C24H20N2O5/c27-23(28)13-14-26(19-9-5-2-6-10-19)24(29)30-16-22-25-20-15-18(11-12-21(20)31-22)17-7-3-1-4-8-17/h1-12,15H,13-14,16H2,(H,27,28). The summed E-state index contributed by atoms with van der Waals surface area (Å²) in [6.45, 7) is -0.170. The number of carbonyl (C=O) groups is 2. The maximum Gasteiger partial charge on any atom is 0.414 e. The molecule has 0 bridgehead atoms. The van der Waals surface area contributed by atoms with Crippen LogP contribution in [0.4, 0.5) is 10.5 Å². The minimum Gasteiger partial charge on any atom is -0.481 e. The maximum absolute atomic E-state index is 12.6. The molecule has 0 aliphatic heterocycles. The first-order valence-electron chi connectivity index (χ1n) is 9.76. The summed E-state index contributed by atoms with van der Waals surface area (Å²) in [5, 5.41) is 8.98. The third kappa shape index (κ3) is 4.90. The van der Waals surface area contributed by atoms with Gasteiger partial charge in [0, 0.05) is 12.2 Å². The second-order valence-electron chi connectivity index (χ2n) is 6.84. The van der Waals surface area contributed by atoms with Gasteiger partial charge in [0.05, 0.1) is 6.42 Å². The lowest BCUT2D eigenvalue weighted by molar-refractivity contribution is -0.136. The fraction of sp³-hybridized carbons (Fsp3) is 0.125. The van der Waals surface area contributed by atoms with Gasteiger partial charge in [0.25, 0.3) is 0 Å². The third-order valence-electron chi connectivity index (χ3n) is 4.70. The Balaban J connectivity index is 1.48. The van der Waals surface area contributed by atoms with Crippen molar-refractivity contribution in [2.24, 2.45) is 0 Å². The Morgan fingerprint density at radius 2 is 1.65 bits per heavy atom. The number of benzene rings is 3. The number of aliphatic carboxylic acids is 1. The predicted molar refractivity (Wildman–Crippen MR) is 116 cm³/mol.